The van der Waals surface area contributed by atoms with Crippen LogP contribution in [-0.2, 0) is 32.2 Å². The van der Waals surface area contributed by atoms with Crippen LogP contribution in [0.15, 0.2) is 66.6 Å². The number of hydrogen-bond donors (Lipinski definition) is 3. The predicted molar refractivity (Wildman–Crippen MR) is 153 cm³/mol. The molecule has 2 amide bonds. The lowest BCUT2D eigenvalue weighted by molar-refractivity contribution is -0.152. The van der Waals surface area contributed by atoms with Crippen molar-refractivity contribution in [3.05, 3.63) is 88.1 Å². The second-order valence-electron chi connectivity index (χ2n) is 10.3. The number of likely N-dealkylation sites (tertiary alicyclic amines) is 1. The summed E-state index contributed by atoms with van der Waals surface area (Å²) in [6, 6.07) is 17.5. The number of nitrogens with zero attached hydrogens (tertiary/aromatic N) is 2. The fourth-order valence-corrected chi connectivity index (χ4v) is 6.44. The fraction of sp³-hybridized carbons (Fsp3) is 0.300. The Labute approximate surface area is 236 Å². The normalized spacial score (nSPS) is 19.3. The van der Waals surface area contributed by atoms with E-state index < -0.39 is 11.8 Å². The van der Waals surface area contributed by atoms with E-state index in [1.165, 1.54) is 11.3 Å². The van der Waals surface area contributed by atoms with Crippen molar-refractivity contribution in [2.75, 3.05) is 26.3 Å². The number of rotatable bonds is 7. The van der Waals surface area contributed by atoms with Crippen molar-refractivity contribution in [2.24, 2.45) is 5.73 Å². The van der Waals surface area contributed by atoms with Crippen LogP contribution < -0.4 is 11.1 Å². The minimum Gasteiger partial charge on any atom is -0.384 e. The van der Waals surface area contributed by atoms with Gasteiger partial charge in [-0.05, 0) is 28.8 Å². The molecule has 9 nitrogen and oxygen atoms in total. The molecule has 2 fully saturated rings. The van der Waals surface area contributed by atoms with E-state index in [9.17, 15) is 9.59 Å². The van der Waals surface area contributed by atoms with Gasteiger partial charge in [-0.3, -0.25) is 15.0 Å². The lowest BCUT2D eigenvalue weighted by atomic mass is 10.00. The molecule has 0 saturated carbocycles. The molecule has 2 saturated heterocycles. The second-order valence-corrected chi connectivity index (χ2v) is 11.3. The van der Waals surface area contributed by atoms with Crippen molar-refractivity contribution in [3.63, 3.8) is 0 Å². The maximum Gasteiger partial charge on any atom is 0.243 e. The van der Waals surface area contributed by atoms with Crippen LogP contribution in [0.5, 0.6) is 0 Å². The monoisotopic (exact) mass is 557 g/mol. The SMILES string of the molecule is C=C1c2cc(-c3ccccc3)ccc2CN1CC(=O)N1CC2(CC1C(=O)NCc1cc(C(=N)N)cs1)OCCO2. The summed E-state index contributed by atoms with van der Waals surface area (Å²) in [4.78, 5) is 31.5. The summed E-state index contributed by atoms with van der Waals surface area (Å²) in [7, 11) is 0. The number of fused-ring (bicyclic) bond motifs is 1. The number of carbonyl (C=O) groups excluding carboxylic acids is 2. The van der Waals surface area contributed by atoms with Gasteiger partial charge in [0, 0.05) is 40.0 Å². The first kappa shape index (κ1) is 26.2. The van der Waals surface area contributed by atoms with Crippen molar-refractivity contribution in [1.29, 1.82) is 5.41 Å². The van der Waals surface area contributed by atoms with E-state index in [4.69, 9.17) is 20.6 Å². The molecule has 1 unspecified atom stereocenters. The van der Waals surface area contributed by atoms with Gasteiger partial charge in [0.1, 0.15) is 11.9 Å². The van der Waals surface area contributed by atoms with Crippen LogP contribution in [0.1, 0.15) is 28.0 Å². The molecule has 0 radical (unpaired) electrons. The van der Waals surface area contributed by atoms with Crippen LogP contribution in [0.25, 0.3) is 16.8 Å². The topological polar surface area (TPSA) is 121 Å². The smallest absolute Gasteiger partial charge is 0.243 e. The minimum atomic E-state index is -0.960. The molecular formula is C30H31N5O4S. The van der Waals surface area contributed by atoms with Gasteiger partial charge in [-0.2, -0.15) is 0 Å². The lowest BCUT2D eigenvalue weighted by Crippen LogP contribution is -2.48. The maximum atomic E-state index is 13.7. The molecule has 0 bridgehead atoms. The van der Waals surface area contributed by atoms with E-state index in [-0.39, 0.29) is 43.7 Å². The van der Waals surface area contributed by atoms with Gasteiger partial charge in [-0.1, -0.05) is 49.0 Å². The zero-order valence-electron chi connectivity index (χ0n) is 22.0. The van der Waals surface area contributed by atoms with Crippen LogP contribution in [0, 0.1) is 5.41 Å². The van der Waals surface area contributed by atoms with Crippen LogP contribution >= 0.6 is 11.3 Å². The number of amidine groups is 1. The molecule has 4 heterocycles. The Bertz CT molecular complexity index is 1480. The first-order valence-electron chi connectivity index (χ1n) is 13.2. The Morgan fingerprint density at radius 1 is 1.12 bits per heavy atom. The third kappa shape index (κ3) is 5.01. The zero-order valence-corrected chi connectivity index (χ0v) is 22.8. The van der Waals surface area contributed by atoms with Gasteiger partial charge in [-0.25, -0.2) is 0 Å². The molecular weight excluding hydrogens is 526 g/mol. The largest absolute Gasteiger partial charge is 0.384 e. The third-order valence-electron chi connectivity index (χ3n) is 7.73. The molecule has 3 aromatic rings. The Morgan fingerprint density at radius 3 is 2.62 bits per heavy atom. The molecule has 0 aliphatic carbocycles. The van der Waals surface area contributed by atoms with E-state index >= 15 is 0 Å². The standard InChI is InChI=1S/C30H31N5O4S/c1-19-25-12-21(20-5-3-2-4-6-20)7-8-22(25)15-34(19)16-27(36)35-18-30(38-9-10-39-30)13-26(35)29(37)33-14-24-11-23(17-40-24)28(31)32/h2-8,11-12,17,26H,1,9-10,13-16,18H2,(H3,31,32)(H,33,37). The molecule has 2 aromatic carbocycles. The van der Waals surface area contributed by atoms with Crippen LogP contribution in [0.2, 0.25) is 0 Å². The van der Waals surface area contributed by atoms with E-state index in [1.54, 1.807) is 16.3 Å². The van der Waals surface area contributed by atoms with Crippen LogP contribution in [0.3, 0.4) is 0 Å². The molecule has 1 spiro atoms. The molecule has 40 heavy (non-hydrogen) atoms. The number of hydrogen-bond acceptors (Lipinski definition) is 7. The number of ether oxygens (including phenoxy) is 2. The van der Waals surface area contributed by atoms with E-state index in [0.29, 0.717) is 25.3 Å². The van der Waals surface area contributed by atoms with Gasteiger partial charge in [0.05, 0.1) is 32.8 Å². The Morgan fingerprint density at radius 2 is 1.90 bits per heavy atom. The van der Waals surface area contributed by atoms with Gasteiger partial charge >= 0.3 is 0 Å². The number of benzene rings is 2. The quantitative estimate of drug-likeness (QED) is 0.303. The van der Waals surface area contributed by atoms with Gasteiger partial charge in [0.15, 0.2) is 5.79 Å². The average molecular weight is 558 g/mol. The number of nitrogen functional groups attached to an aromatic ring is 1. The van der Waals surface area contributed by atoms with Crippen molar-refractivity contribution in [3.8, 4) is 11.1 Å². The highest BCUT2D eigenvalue weighted by atomic mass is 32.1. The molecule has 206 valence electrons. The minimum absolute atomic E-state index is 0.0131. The molecule has 1 aromatic heterocycles. The number of nitrogens with two attached hydrogens (primary N) is 1. The van der Waals surface area contributed by atoms with Crippen molar-refractivity contribution >= 4 is 34.7 Å². The van der Waals surface area contributed by atoms with Crippen LogP contribution in [-0.4, -0.2) is 65.6 Å². The highest BCUT2D eigenvalue weighted by Gasteiger charge is 2.52. The first-order valence-corrected chi connectivity index (χ1v) is 14.1. The first-order chi connectivity index (χ1) is 19.3. The summed E-state index contributed by atoms with van der Waals surface area (Å²) in [5, 5.41) is 12.3. The van der Waals surface area contributed by atoms with Crippen LogP contribution in [0.4, 0.5) is 0 Å². The maximum absolute atomic E-state index is 13.7. The second kappa shape index (κ2) is 10.5. The number of nitrogens with one attached hydrogen (secondary N) is 2. The Kier molecular flexibility index (Phi) is 6.91. The van der Waals surface area contributed by atoms with Gasteiger partial charge in [-0.15, -0.1) is 11.3 Å². The lowest BCUT2D eigenvalue weighted by Gasteiger charge is -2.27. The molecule has 3 aliphatic heterocycles. The molecule has 3 aliphatic rings. The van der Waals surface area contributed by atoms with Crippen molar-refractivity contribution < 1.29 is 19.1 Å². The fourth-order valence-electron chi connectivity index (χ4n) is 5.62. The molecule has 6 rings (SSSR count). The van der Waals surface area contributed by atoms with E-state index in [0.717, 1.165) is 32.8 Å². The Hall–Kier alpha value is -3.99. The van der Waals surface area contributed by atoms with Gasteiger partial charge in [0.25, 0.3) is 0 Å². The zero-order chi connectivity index (χ0) is 27.9. The molecule has 10 heteroatoms. The van der Waals surface area contributed by atoms with Gasteiger partial charge in [0.2, 0.25) is 11.8 Å². The highest BCUT2D eigenvalue weighted by Crippen LogP contribution is 2.37. The molecule has 4 N–H and O–H groups in total. The predicted octanol–water partition coefficient (Wildman–Crippen LogP) is 3.15. The number of amides is 2. The Balaban J connectivity index is 1.15. The number of carbonyl (C=O) groups is 2. The van der Waals surface area contributed by atoms with E-state index in [2.05, 4.69) is 42.2 Å². The van der Waals surface area contributed by atoms with Crippen molar-refractivity contribution in [1.82, 2.24) is 15.1 Å². The van der Waals surface area contributed by atoms with Crippen molar-refractivity contribution in [2.45, 2.75) is 31.3 Å². The summed E-state index contributed by atoms with van der Waals surface area (Å²) in [5.41, 5.74) is 11.4. The summed E-state index contributed by atoms with van der Waals surface area (Å²) >= 11 is 1.42. The summed E-state index contributed by atoms with van der Waals surface area (Å²) in [5.74, 6) is -1.42. The summed E-state index contributed by atoms with van der Waals surface area (Å²) in [6.07, 6.45) is 0.273. The van der Waals surface area contributed by atoms with E-state index in [1.807, 2.05) is 23.1 Å². The van der Waals surface area contributed by atoms with Gasteiger partial charge < -0.3 is 30.3 Å². The number of thiophene rings is 1. The highest BCUT2D eigenvalue weighted by molar-refractivity contribution is 7.10. The average Bonchev–Trinajstić information content (AvgIpc) is 3.76. The summed E-state index contributed by atoms with van der Waals surface area (Å²) in [6.45, 7) is 6.32. The molecule has 1 atom stereocenters. The third-order valence-corrected chi connectivity index (χ3v) is 8.66. The summed E-state index contributed by atoms with van der Waals surface area (Å²) < 4.78 is 11.8.